The number of ether oxygens (including phenoxy) is 2. The van der Waals surface area contributed by atoms with Gasteiger partial charge >= 0.3 is 0 Å². The van der Waals surface area contributed by atoms with Gasteiger partial charge < -0.3 is 9.47 Å². The molecule has 1 aliphatic carbocycles. The molecule has 2 heterocycles. The number of rotatable bonds is 4. The lowest BCUT2D eigenvalue weighted by molar-refractivity contribution is -0.129. The zero-order valence-corrected chi connectivity index (χ0v) is 17.6. The number of imide groups is 1. The largest absolute Gasteiger partial charge is 0.454 e. The van der Waals surface area contributed by atoms with Crippen molar-refractivity contribution in [2.24, 2.45) is 10.9 Å². The molecule has 3 aliphatic rings. The summed E-state index contributed by atoms with van der Waals surface area (Å²) in [6.07, 6.45) is 6.44. The van der Waals surface area contributed by atoms with Crippen LogP contribution >= 0.6 is 0 Å². The third-order valence-electron chi connectivity index (χ3n) is 6.57. The molecule has 0 aromatic heterocycles. The molecule has 2 aliphatic heterocycles. The van der Waals surface area contributed by atoms with Crippen LogP contribution in [-0.2, 0) is 11.3 Å². The van der Waals surface area contributed by atoms with Crippen LogP contribution in [0.5, 0.6) is 11.5 Å². The fourth-order valence-corrected chi connectivity index (χ4v) is 4.74. The summed E-state index contributed by atoms with van der Waals surface area (Å²) in [4.78, 5) is 32.8. The Morgan fingerprint density at radius 1 is 1.06 bits per heavy atom. The van der Waals surface area contributed by atoms with Crippen molar-refractivity contribution in [1.29, 1.82) is 0 Å². The molecule has 2 aromatic carbocycles. The van der Waals surface area contributed by atoms with E-state index in [0.717, 1.165) is 17.5 Å². The fraction of sp³-hybridized carbons (Fsp3) is 0.400. The van der Waals surface area contributed by atoms with E-state index in [4.69, 9.17) is 14.5 Å². The molecule has 2 aromatic rings. The lowest BCUT2D eigenvalue weighted by Crippen LogP contribution is -2.44. The highest BCUT2D eigenvalue weighted by atomic mass is 16.7. The van der Waals surface area contributed by atoms with E-state index in [-0.39, 0.29) is 31.2 Å². The summed E-state index contributed by atoms with van der Waals surface area (Å²) in [5, 5.41) is 0. The lowest BCUT2D eigenvalue weighted by atomic mass is 9.85. The highest BCUT2D eigenvalue weighted by Crippen LogP contribution is 2.35. The molecule has 0 radical (unpaired) electrons. The van der Waals surface area contributed by atoms with Crippen LogP contribution < -0.4 is 9.47 Å². The normalized spacial score (nSPS) is 25.2. The van der Waals surface area contributed by atoms with E-state index in [9.17, 15) is 9.59 Å². The second kappa shape index (κ2) is 8.17. The second-order valence-electron chi connectivity index (χ2n) is 8.61. The molecule has 0 bridgehead atoms. The molecular weight excluding hydrogens is 392 g/mol. The number of nitrogens with zero attached hydrogens (tertiary/aromatic N) is 2. The Balaban J connectivity index is 1.44. The van der Waals surface area contributed by atoms with Crippen LogP contribution in [0.15, 0.2) is 47.5 Å². The summed E-state index contributed by atoms with van der Waals surface area (Å²) in [6, 6.07) is 13.1. The molecule has 160 valence electrons. The molecule has 6 nitrogen and oxygen atoms in total. The third-order valence-corrected chi connectivity index (χ3v) is 6.57. The van der Waals surface area contributed by atoms with Crippen molar-refractivity contribution in [2.75, 3.05) is 6.79 Å². The first-order valence-electron chi connectivity index (χ1n) is 11.0. The summed E-state index contributed by atoms with van der Waals surface area (Å²) in [5.41, 5.74) is 2.13. The van der Waals surface area contributed by atoms with Gasteiger partial charge in [0.25, 0.3) is 5.91 Å². The zero-order valence-electron chi connectivity index (χ0n) is 17.6. The average Bonchev–Trinajstić information content (AvgIpc) is 3.26. The maximum Gasteiger partial charge on any atom is 0.261 e. The quantitative estimate of drug-likeness (QED) is 0.547. The first-order valence-corrected chi connectivity index (χ1v) is 11.0. The highest BCUT2D eigenvalue weighted by Gasteiger charge is 2.38. The molecular formula is C25H26N2O4. The average molecular weight is 418 g/mol. The molecule has 3 atom stereocenters. The van der Waals surface area contributed by atoms with Gasteiger partial charge in [0.15, 0.2) is 11.5 Å². The Labute approximate surface area is 181 Å². The van der Waals surface area contributed by atoms with E-state index in [1.165, 1.54) is 24.2 Å². The number of aliphatic imine (C=N–C) groups is 1. The van der Waals surface area contributed by atoms with E-state index in [1.54, 1.807) is 12.3 Å². The fourth-order valence-electron chi connectivity index (χ4n) is 4.74. The maximum absolute atomic E-state index is 13.4. The molecule has 31 heavy (non-hydrogen) atoms. The van der Waals surface area contributed by atoms with Crippen molar-refractivity contribution in [3.63, 3.8) is 0 Å². The number of carbonyl (C=O) groups excluding carboxylic acids is 2. The minimum absolute atomic E-state index is 0.186. The van der Waals surface area contributed by atoms with Crippen LogP contribution in [0.2, 0.25) is 0 Å². The standard InChI is InChI=1S/C25H26N2O4/c1-16-6-2-5-9-21(16)26-13-20-18-7-3-4-8-19(18)24(28)27(25(20)29)14-17-10-11-22-23(12-17)31-15-30-22/h3-4,7-8,10-13,16,20-21H,2,5-6,9,14-15H2,1H3/t16-,20?,21-/m0/s1. The summed E-state index contributed by atoms with van der Waals surface area (Å²) in [6.45, 7) is 2.60. The van der Waals surface area contributed by atoms with Gasteiger partial charge in [-0.05, 0) is 48.1 Å². The Kier molecular flexibility index (Phi) is 5.22. The van der Waals surface area contributed by atoms with Crippen molar-refractivity contribution in [3.05, 3.63) is 59.2 Å². The first-order chi connectivity index (χ1) is 15.1. The van der Waals surface area contributed by atoms with Crippen molar-refractivity contribution in [2.45, 2.75) is 51.1 Å². The Hall–Kier alpha value is -3.15. The van der Waals surface area contributed by atoms with Crippen molar-refractivity contribution < 1.29 is 19.1 Å². The van der Waals surface area contributed by atoms with Crippen molar-refractivity contribution in [3.8, 4) is 11.5 Å². The number of amides is 2. The van der Waals surface area contributed by atoms with Gasteiger partial charge in [-0.15, -0.1) is 0 Å². The minimum Gasteiger partial charge on any atom is -0.454 e. The molecule has 1 saturated carbocycles. The van der Waals surface area contributed by atoms with E-state index in [1.807, 2.05) is 36.4 Å². The van der Waals surface area contributed by atoms with Crippen LogP contribution in [0.3, 0.4) is 0 Å². The SMILES string of the molecule is C[C@H]1CCCC[C@@H]1N=CC1C(=O)N(Cc2ccc3c(c2)OCO3)C(=O)c2ccccc21. The lowest BCUT2D eigenvalue weighted by Gasteiger charge is -2.32. The van der Waals surface area contributed by atoms with Crippen LogP contribution in [0.1, 0.15) is 60.0 Å². The van der Waals surface area contributed by atoms with E-state index in [0.29, 0.717) is 23.0 Å². The van der Waals surface area contributed by atoms with Crippen molar-refractivity contribution >= 4 is 18.0 Å². The summed E-state index contributed by atoms with van der Waals surface area (Å²) >= 11 is 0. The first kappa shape index (κ1) is 19.8. The van der Waals surface area contributed by atoms with Gasteiger partial charge in [0, 0.05) is 11.8 Å². The van der Waals surface area contributed by atoms with Gasteiger partial charge in [-0.1, -0.05) is 44.0 Å². The topological polar surface area (TPSA) is 68.2 Å². The van der Waals surface area contributed by atoms with E-state index < -0.39 is 5.92 Å². The van der Waals surface area contributed by atoms with E-state index in [2.05, 4.69) is 6.92 Å². The van der Waals surface area contributed by atoms with Crippen molar-refractivity contribution in [1.82, 2.24) is 4.90 Å². The number of carbonyl (C=O) groups is 2. The molecule has 0 spiro atoms. The van der Waals surface area contributed by atoms with Crippen LogP contribution in [0.4, 0.5) is 0 Å². The van der Waals surface area contributed by atoms with Gasteiger partial charge in [0.1, 0.15) is 0 Å². The summed E-state index contributed by atoms with van der Waals surface area (Å²) < 4.78 is 10.8. The smallest absolute Gasteiger partial charge is 0.261 e. The highest BCUT2D eigenvalue weighted by molar-refractivity contribution is 6.16. The number of hydrogen-bond donors (Lipinski definition) is 0. The number of hydrogen-bond acceptors (Lipinski definition) is 5. The van der Waals surface area contributed by atoms with Crippen LogP contribution in [0, 0.1) is 5.92 Å². The maximum atomic E-state index is 13.4. The molecule has 6 heteroatoms. The summed E-state index contributed by atoms with van der Waals surface area (Å²) in [7, 11) is 0. The third kappa shape index (κ3) is 3.71. The molecule has 1 fully saturated rings. The monoisotopic (exact) mass is 418 g/mol. The number of fused-ring (bicyclic) bond motifs is 2. The predicted molar refractivity (Wildman–Crippen MR) is 117 cm³/mol. The van der Waals surface area contributed by atoms with Gasteiger partial charge in [0.05, 0.1) is 18.5 Å². The molecule has 5 rings (SSSR count). The molecule has 1 unspecified atom stereocenters. The van der Waals surface area contributed by atoms with Crippen LogP contribution in [-0.4, -0.2) is 35.8 Å². The number of benzene rings is 2. The Morgan fingerprint density at radius 2 is 1.87 bits per heavy atom. The van der Waals surface area contributed by atoms with Gasteiger partial charge in [-0.3, -0.25) is 19.5 Å². The molecule has 0 saturated heterocycles. The second-order valence-corrected chi connectivity index (χ2v) is 8.61. The Morgan fingerprint density at radius 3 is 2.74 bits per heavy atom. The van der Waals surface area contributed by atoms with Gasteiger partial charge in [-0.25, -0.2) is 0 Å². The predicted octanol–water partition coefficient (Wildman–Crippen LogP) is 4.33. The minimum atomic E-state index is -0.544. The molecule has 0 N–H and O–H groups in total. The van der Waals surface area contributed by atoms with E-state index >= 15 is 0 Å². The zero-order chi connectivity index (χ0) is 21.4. The van der Waals surface area contributed by atoms with Gasteiger partial charge in [0.2, 0.25) is 12.7 Å². The Bertz CT molecular complexity index is 1050. The van der Waals surface area contributed by atoms with Gasteiger partial charge in [-0.2, -0.15) is 0 Å². The summed E-state index contributed by atoms with van der Waals surface area (Å²) in [5.74, 6) is 0.793. The van der Waals surface area contributed by atoms with Crippen LogP contribution in [0.25, 0.3) is 0 Å². The molecule has 2 amide bonds.